The molecule has 1 spiro atoms. The van der Waals surface area contributed by atoms with Crippen LogP contribution < -0.4 is 20.4 Å². The molecule has 17 heteroatoms. The Kier molecular flexibility index (Phi) is 13.2. The van der Waals surface area contributed by atoms with Crippen molar-refractivity contribution < 1.29 is 28.4 Å². The molecule has 12 rings (SSSR count). The zero-order chi connectivity index (χ0) is 51.5. The fourth-order valence-electron chi connectivity index (χ4n) is 13.5. The first-order valence-corrected chi connectivity index (χ1v) is 27.7. The fourth-order valence-corrected chi connectivity index (χ4v) is 13.5. The van der Waals surface area contributed by atoms with E-state index in [0.29, 0.717) is 101 Å². The number of carbonyl (C=O) groups excluding carboxylic acids is 5. The molecule has 1 unspecified atom stereocenters. The fraction of sp³-hybridized carbons (Fsp3) is 0.517. The molecule has 5 amide bonds. The van der Waals surface area contributed by atoms with Gasteiger partial charge in [0.05, 0.1) is 34.6 Å². The molecule has 9 heterocycles. The first kappa shape index (κ1) is 49.1. The Balaban J connectivity index is 0.712. The number of nitrogens with zero attached hydrogens (tertiary/aromatic N) is 9. The topological polar surface area (TPSA) is 169 Å². The molecule has 1 saturated carbocycles. The van der Waals surface area contributed by atoms with Gasteiger partial charge in [0.1, 0.15) is 17.2 Å². The van der Waals surface area contributed by atoms with Crippen LogP contribution in [0.1, 0.15) is 120 Å². The predicted octanol–water partition coefficient (Wildman–Crippen LogP) is 7.86. The lowest BCUT2D eigenvalue weighted by Gasteiger charge is -2.48. The van der Waals surface area contributed by atoms with E-state index in [9.17, 15) is 19.2 Å². The van der Waals surface area contributed by atoms with Crippen LogP contribution in [0.25, 0.3) is 22.3 Å². The zero-order valence-electron chi connectivity index (χ0n) is 43.2. The largest absolute Gasteiger partial charge is 0.357 e. The summed E-state index contributed by atoms with van der Waals surface area (Å²) >= 11 is 0. The van der Waals surface area contributed by atoms with Crippen LogP contribution in [0.4, 0.5) is 27.4 Å². The van der Waals surface area contributed by atoms with Gasteiger partial charge in [0.2, 0.25) is 29.5 Å². The average molecular weight is 1020 g/mol. The number of carbonyl (C=O) groups is 5. The van der Waals surface area contributed by atoms with E-state index in [1.54, 1.807) is 30.7 Å². The van der Waals surface area contributed by atoms with Gasteiger partial charge in [-0.05, 0) is 139 Å². The molecule has 3 aromatic heterocycles. The molecule has 0 radical (unpaired) electrons. The number of imidazole rings is 1. The highest BCUT2D eigenvalue weighted by Gasteiger charge is 2.56. The summed E-state index contributed by atoms with van der Waals surface area (Å²) in [5, 5.41) is 5.71. The highest BCUT2D eigenvalue weighted by molar-refractivity contribution is 6.09. The zero-order valence-corrected chi connectivity index (χ0v) is 43.2. The normalized spacial score (nSPS) is 23.7. The Hall–Kier alpha value is -6.75. The van der Waals surface area contributed by atoms with Crippen molar-refractivity contribution in [2.45, 2.75) is 127 Å². The van der Waals surface area contributed by atoms with Crippen molar-refractivity contribution in [3.05, 3.63) is 90.1 Å². The molecule has 1 aliphatic carbocycles. The van der Waals surface area contributed by atoms with Crippen LogP contribution in [0.5, 0.6) is 0 Å². The van der Waals surface area contributed by atoms with Gasteiger partial charge in [-0.1, -0.05) is 36.8 Å². The standard InChI is InChI=1S/C58H68FN11O5/c1-36(2)69-35-61-48-33-47(63-53(52(48)69)62-46-9-5-4-8-45(46)59)39-10-13-44-49(30-39)70(42-31-41(32-42)65-22-6-3-7-23-65)57(75)58(44)20-28-68(29-21-58)56(74)38-18-26-67(27-19-38)55(73)37-16-24-66(25-17-37)50-14-11-40(34-60-50)43-12-15-51(71)64-54(43)72/h4-5,8-11,13-14,30,33-38,41-43H,3,6-7,12,15-29,31-32H2,1-2H3,(H,62,63)(H,64,71,72). The second kappa shape index (κ2) is 20.1. The number of para-hydroxylation sites is 1. The van der Waals surface area contributed by atoms with Crippen LogP contribution in [0, 0.1) is 17.7 Å². The summed E-state index contributed by atoms with van der Waals surface area (Å²) < 4.78 is 17.2. The third kappa shape index (κ3) is 9.11. The lowest BCUT2D eigenvalue weighted by Crippen LogP contribution is -2.58. The third-order valence-electron chi connectivity index (χ3n) is 18.0. The molecule has 7 aliphatic rings. The predicted molar refractivity (Wildman–Crippen MR) is 284 cm³/mol. The molecular weight excluding hydrogens is 950 g/mol. The first-order chi connectivity index (χ1) is 36.4. The summed E-state index contributed by atoms with van der Waals surface area (Å²) in [5.41, 5.74) is 5.38. The minimum atomic E-state index is -0.744. The molecule has 2 N–H and O–H groups in total. The van der Waals surface area contributed by atoms with Crippen LogP contribution in [0.3, 0.4) is 0 Å². The van der Waals surface area contributed by atoms with Crippen LogP contribution in [-0.2, 0) is 29.4 Å². The van der Waals surface area contributed by atoms with Gasteiger partial charge >= 0.3 is 0 Å². The Morgan fingerprint density at radius 3 is 2.16 bits per heavy atom. The minimum Gasteiger partial charge on any atom is -0.357 e. The third-order valence-corrected chi connectivity index (χ3v) is 18.0. The highest BCUT2D eigenvalue weighted by atomic mass is 19.1. The summed E-state index contributed by atoms with van der Waals surface area (Å²) in [6, 6.07) is 19.4. The van der Waals surface area contributed by atoms with Gasteiger partial charge in [-0.25, -0.2) is 19.3 Å². The Labute approximate surface area is 437 Å². The van der Waals surface area contributed by atoms with Crippen molar-refractivity contribution in [2.24, 2.45) is 11.8 Å². The monoisotopic (exact) mass is 1020 g/mol. The van der Waals surface area contributed by atoms with Crippen LogP contribution >= 0.6 is 0 Å². The smallest absolute Gasteiger partial charge is 0.238 e. The van der Waals surface area contributed by atoms with Crippen LogP contribution in [0.15, 0.2) is 73.2 Å². The number of pyridine rings is 2. The highest BCUT2D eigenvalue weighted by Crippen LogP contribution is 2.52. The number of aromatic nitrogens is 4. The number of rotatable bonds is 10. The molecule has 6 aliphatic heterocycles. The molecule has 5 aromatic rings. The number of likely N-dealkylation sites (tertiary alicyclic amines) is 3. The maximum atomic E-state index is 15.3. The lowest BCUT2D eigenvalue weighted by atomic mass is 9.73. The summed E-state index contributed by atoms with van der Waals surface area (Å²) in [7, 11) is 0. The van der Waals surface area contributed by atoms with Gasteiger partial charge in [-0.3, -0.25) is 29.3 Å². The number of imide groups is 1. The molecular formula is C58H68FN11O5. The number of fused-ring (bicyclic) bond motifs is 3. The van der Waals surface area contributed by atoms with Crippen molar-refractivity contribution >= 4 is 63.6 Å². The number of hydrogen-bond donors (Lipinski definition) is 2. The van der Waals surface area contributed by atoms with Crippen molar-refractivity contribution in [1.29, 1.82) is 0 Å². The second-order valence-electron chi connectivity index (χ2n) is 22.6. The van der Waals surface area contributed by atoms with Gasteiger partial charge in [0.25, 0.3) is 0 Å². The number of anilines is 4. The van der Waals surface area contributed by atoms with E-state index in [4.69, 9.17) is 9.97 Å². The van der Waals surface area contributed by atoms with Gasteiger partial charge in [0, 0.05) is 93.1 Å². The Bertz CT molecular complexity index is 3010. The van der Waals surface area contributed by atoms with E-state index in [-0.39, 0.29) is 65.2 Å². The summed E-state index contributed by atoms with van der Waals surface area (Å²) in [6.07, 6.45) is 13.7. The van der Waals surface area contributed by atoms with E-state index in [1.807, 2.05) is 32.6 Å². The van der Waals surface area contributed by atoms with E-state index >= 15 is 9.18 Å². The Morgan fingerprint density at radius 2 is 1.48 bits per heavy atom. The number of amides is 5. The van der Waals surface area contributed by atoms with E-state index in [1.165, 1.54) is 25.3 Å². The summed E-state index contributed by atoms with van der Waals surface area (Å²) in [6.45, 7) is 9.90. The molecule has 75 heavy (non-hydrogen) atoms. The average Bonchev–Trinajstić information content (AvgIpc) is 3.96. The first-order valence-electron chi connectivity index (χ1n) is 27.7. The van der Waals surface area contributed by atoms with Crippen LogP contribution in [0.2, 0.25) is 0 Å². The van der Waals surface area contributed by atoms with Crippen LogP contribution in [-0.4, -0.2) is 128 Å². The molecule has 392 valence electrons. The molecule has 5 saturated heterocycles. The van der Waals surface area contributed by atoms with Crippen molar-refractivity contribution in [3.63, 3.8) is 0 Å². The lowest BCUT2D eigenvalue weighted by molar-refractivity contribution is -0.144. The van der Waals surface area contributed by atoms with Crippen molar-refractivity contribution in [2.75, 3.05) is 67.5 Å². The minimum absolute atomic E-state index is 0.0799. The van der Waals surface area contributed by atoms with Crippen molar-refractivity contribution in [3.8, 4) is 11.3 Å². The number of halogens is 1. The molecule has 16 nitrogen and oxygen atoms in total. The molecule has 6 fully saturated rings. The number of nitrogens with one attached hydrogen (secondary N) is 2. The summed E-state index contributed by atoms with van der Waals surface area (Å²) in [4.78, 5) is 92.9. The summed E-state index contributed by atoms with van der Waals surface area (Å²) in [5.74, 6) is 0.247. The van der Waals surface area contributed by atoms with Gasteiger partial charge < -0.3 is 34.4 Å². The van der Waals surface area contributed by atoms with Gasteiger partial charge in [-0.15, -0.1) is 0 Å². The SMILES string of the molecule is CC(C)n1cnc2cc(-c3ccc4c(c3)N(C3CC(N5CCCCC5)C3)C(=O)C43CCN(C(=O)C4CCN(C(=O)C5CCN(c6ccc(C7CCC(=O)NC7=O)cn6)CC5)CC4)CC3)nc(Nc3ccccc3F)c21. The number of hydrogen-bond acceptors (Lipinski definition) is 11. The second-order valence-corrected chi connectivity index (χ2v) is 22.6. The van der Waals surface area contributed by atoms with Crippen molar-refractivity contribution in [1.82, 2.24) is 39.5 Å². The number of piperidine rings is 5. The molecule has 2 aromatic carbocycles. The quantitative estimate of drug-likeness (QED) is 0.131. The van der Waals surface area contributed by atoms with Gasteiger partial charge in [0.15, 0.2) is 5.82 Å². The Morgan fingerprint density at radius 1 is 0.773 bits per heavy atom. The maximum absolute atomic E-state index is 15.3. The van der Waals surface area contributed by atoms with Gasteiger partial charge in [-0.2, -0.15) is 0 Å². The molecule has 1 atom stereocenters. The van der Waals surface area contributed by atoms with E-state index < -0.39 is 5.41 Å². The number of benzene rings is 2. The van der Waals surface area contributed by atoms with E-state index in [2.05, 4.69) is 62.4 Å². The molecule has 0 bridgehead atoms. The maximum Gasteiger partial charge on any atom is 0.238 e. The van der Waals surface area contributed by atoms with E-state index in [0.717, 1.165) is 78.0 Å².